The Morgan fingerprint density at radius 1 is 1.03 bits per heavy atom. The zero-order valence-electron chi connectivity index (χ0n) is 16.0. The molecule has 2 aromatic carbocycles. The van der Waals surface area contributed by atoms with E-state index in [4.69, 9.17) is 0 Å². The van der Waals surface area contributed by atoms with Crippen molar-refractivity contribution in [3.05, 3.63) is 87.6 Å². The van der Waals surface area contributed by atoms with Crippen molar-refractivity contribution in [1.82, 2.24) is 4.90 Å². The Labute approximate surface area is 173 Å². The number of nitrogens with zero attached hydrogens (tertiary/aromatic N) is 1. The number of likely N-dealkylation sites (tertiary alicyclic amines) is 1. The predicted molar refractivity (Wildman–Crippen MR) is 113 cm³/mol. The summed E-state index contributed by atoms with van der Waals surface area (Å²) in [6.07, 6.45) is 0.580. The highest BCUT2D eigenvalue weighted by Gasteiger charge is 2.75. The van der Waals surface area contributed by atoms with Gasteiger partial charge in [0.1, 0.15) is 5.54 Å². The number of carbonyl (C=O) groups excluding carboxylic acids is 2. The Kier molecular flexibility index (Phi) is 3.34. The lowest BCUT2D eigenvalue weighted by molar-refractivity contribution is -0.130. The number of nitrogens with one attached hydrogen (secondary N) is 1. The fourth-order valence-electron chi connectivity index (χ4n) is 6.14. The Hall–Kier alpha value is -2.76. The molecule has 1 saturated heterocycles. The first-order valence-corrected chi connectivity index (χ1v) is 10.8. The number of carbonyl (C=O) groups is 2. The van der Waals surface area contributed by atoms with E-state index in [1.54, 1.807) is 11.3 Å². The van der Waals surface area contributed by atoms with E-state index < -0.39 is 11.0 Å². The number of hydrogen-bond acceptors (Lipinski definition) is 4. The molecule has 0 bridgehead atoms. The molecule has 0 saturated carbocycles. The summed E-state index contributed by atoms with van der Waals surface area (Å²) < 4.78 is 0. The van der Waals surface area contributed by atoms with E-state index in [1.807, 2.05) is 61.6 Å². The molecule has 1 aliphatic carbocycles. The Morgan fingerprint density at radius 2 is 1.83 bits per heavy atom. The molecule has 144 valence electrons. The van der Waals surface area contributed by atoms with Crippen LogP contribution in [-0.4, -0.2) is 30.2 Å². The topological polar surface area (TPSA) is 49.4 Å². The van der Waals surface area contributed by atoms with Crippen LogP contribution in [0, 0.1) is 5.41 Å². The molecule has 1 amide bonds. The van der Waals surface area contributed by atoms with Crippen LogP contribution < -0.4 is 5.32 Å². The maximum absolute atomic E-state index is 14.2. The first-order valence-electron chi connectivity index (χ1n) is 9.89. The molecule has 0 unspecified atom stereocenters. The van der Waals surface area contributed by atoms with Gasteiger partial charge in [0.15, 0.2) is 5.78 Å². The lowest BCUT2D eigenvalue weighted by atomic mass is 9.60. The van der Waals surface area contributed by atoms with Crippen molar-refractivity contribution in [2.24, 2.45) is 5.41 Å². The SMILES string of the molecule is CN1C[C@@H](c2cccs2)[C@@]2(Cc3ccccc3C2=O)[C@@]12C(=O)Nc1ccccc12. The van der Waals surface area contributed by atoms with Crippen LogP contribution in [0.25, 0.3) is 0 Å². The number of fused-ring (bicyclic) bond motifs is 4. The van der Waals surface area contributed by atoms with Gasteiger partial charge in [0, 0.05) is 34.2 Å². The number of likely N-dealkylation sites (N-methyl/N-ethyl adjacent to an activating group) is 1. The quantitative estimate of drug-likeness (QED) is 0.670. The van der Waals surface area contributed by atoms with E-state index in [0.29, 0.717) is 13.0 Å². The van der Waals surface area contributed by atoms with Crippen LogP contribution in [0.15, 0.2) is 66.0 Å². The predicted octanol–water partition coefficient (Wildman–Crippen LogP) is 4.05. The molecule has 29 heavy (non-hydrogen) atoms. The summed E-state index contributed by atoms with van der Waals surface area (Å²) in [5.74, 6) is -0.0200. The number of amides is 1. The third-order valence-corrected chi connectivity index (χ3v) is 8.17. The van der Waals surface area contributed by atoms with Gasteiger partial charge < -0.3 is 5.32 Å². The number of ketones is 1. The molecule has 4 nitrogen and oxygen atoms in total. The summed E-state index contributed by atoms with van der Waals surface area (Å²) >= 11 is 1.68. The van der Waals surface area contributed by atoms with E-state index in [9.17, 15) is 9.59 Å². The molecule has 1 N–H and O–H groups in total. The molecule has 3 heterocycles. The van der Waals surface area contributed by atoms with Gasteiger partial charge >= 0.3 is 0 Å². The highest BCUT2D eigenvalue weighted by atomic mass is 32.1. The molecule has 6 rings (SSSR count). The number of Topliss-reactive ketones (excluding diaryl/α,β-unsaturated/α-hetero) is 1. The minimum atomic E-state index is -1.01. The minimum absolute atomic E-state index is 0.0377. The molecular formula is C24H20N2O2S. The van der Waals surface area contributed by atoms with Crippen molar-refractivity contribution in [1.29, 1.82) is 0 Å². The van der Waals surface area contributed by atoms with E-state index in [1.165, 1.54) is 4.88 Å². The van der Waals surface area contributed by atoms with E-state index in [2.05, 4.69) is 21.7 Å². The van der Waals surface area contributed by atoms with Crippen molar-refractivity contribution in [2.75, 3.05) is 18.9 Å². The lowest BCUT2D eigenvalue weighted by Crippen LogP contribution is -2.58. The first-order chi connectivity index (χ1) is 14.1. The van der Waals surface area contributed by atoms with Crippen LogP contribution in [0.1, 0.15) is 32.3 Å². The highest BCUT2D eigenvalue weighted by molar-refractivity contribution is 7.10. The van der Waals surface area contributed by atoms with E-state index in [0.717, 1.165) is 22.4 Å². The zero-order chi connectivity index (χ0) is 19.8. The maximum Gasteiger partial charge on any atom is 0.250 e. The monoisotopic (exact) mass is 400 g/mol. The van der Waals surface area contributed by atoms with Crippen molar-refractivity contribution < 1.29 is 9.59 Å². The van der Waals surface area contributed by atoms with Crippen molar-refractivity contribution in [2.45, 2.75) is 17.9 Å². The Bertz CT molecular complexity index is 1170. The van der Waals surface area contributed by atoms with E-state index >= 15 is 0 Å². The number of anilines is 1. The zero-order valence-corrected chi connectivity index (χ0v) is 16.8. The normalized spacial score (nSPS) is 30.2. The van der Waals surface area contributed by atoms with Crippen LogP contribution in [0.4, 0.5) is 5.69 Å². The largest absolute Gasteiger partial charge is 0.324 e. The molecule has 3 aromatic rings. The molecule has 1 aromatic heterocycles. The van der Waals surface area contributed by atoms with Gasteiger partial charge in [-0.3, -0.25) is 14.5 Å². The molecule has 3 atom stereocenters. The van der Waals surface area contributed by atoms with Crippen LogP contribution in [0.3, 0.4) is 0 Å². The average Bonchev–Trinajstić information content (AvgIpc) is 3.46. The van der Waals surface area contributed by atoms with Crippen molar-refractivity contribution >= 4 is 28.7 Å². The molecule has 1 fully saturated rings. The molecule has 5 heteroatoms. The number of rotatable bonds is 1. The van der Waals surface area contributed by atoms with Gasteiger partial charge in [0.05, 0.1) is 5.41 Å². The Morgan fingerprint density at radius 3 is 2.62 bits per heavy atom. The fourth-order valence-corrected chi connectivity index (χ4v) is 7.05. The molecule has 2 aliphatic heterocycles. The van der Waals surface area contributed by atoms with Crippen molar-refractivity contribution in [3.8, 4) is 0 Å². The van der Waals surface area contributed by atoms with E-state index in [-0.39, 0.29) is 17.6 Å². The Balaban J connectivity index is 1.69. The third-order valence-electron chi connectivity index (χ3n) is 7.19. The summed E-state index contributed by atoms with van der Waals surface area (Å²) in [4.78, 5) is 31.2. The average molecular weight is 401 g/mol. The lowest BCUT2D eigenvalue weighted by Gasteiger charge is -2.43. The number of thiophene rings is 1. The number of benzene rings is 2. The van der Waals surface area contributed by atoms with Gasteiger partial charge in [-0.1, -0.05) is 48.5 Å². The van der Waals surface area contributed by atoms with Crippen LogP contribution in [0.5, 0.6) is 0 Å². The van der Waals surface area contributed by atoms with Crippen LogP contribution in [-0.2, 0) is 16.8 Å². The summed E-state index contributed by atoms with van der Waals surface area (Å²) in [6.45, 7) is 0.669. The van der Waals surface area contributed by atoms with Gasteiger partial charge in [0.25, 0.3) is 5.91 Å². The molecule has 3 aliphatic rings. The molecule has 0 radical (unpaired) electrons. The smallest absolute Gasteiger partial charge is 0.250 e. The third kappa shape index (κ3) is 1.83. The second-order valence-electron chi connectivity index (χ2n) is 8.29. The molecular weight excluding hydrogens is 380 g/mol. The van der Waals surface area contributed by atoms with Gasteiger partial charge in [0.2, 0.25) is 0 Å². The first kappa shape index (κ1) is 17.1. The second-order valence-corrected chi connectivity index (χ2v) is 9.27. The second kappa shape index (κ2) is 5.65. The summed E-state index contributed by atoms with van der Waals surface area (Å²) in [6, 6.07) is 19.9. The summed E-state index contributed by atoms with van der Waals surface area (Å²) in [5, 5.41) is 5.15. The van der Waals surface area contributed by atoms with Crippen LogP contribution in [0.2, 0.25) is 0 Å². The van der Waals surface area contributed by atoms with Crippen LogP contribution >= 0.6 is 11.3 Å². The fraction of sp³-hybridized carbons (Fsp3) is 0.250. The summed E-state index contributed by atoms with van der Waals surface area (Å²) in [5.41, 5.74) is 1.69. The van der Waals surface area contributed by atoms with Gasteiger partial charge in [-0.2, -0.15) is 0 Å². The maximum atomic E-state index is 14.2. The number of para-hydroxylation sites is 1. The molecule has 2 spiro atoms. The van der Waals surface area contributed by atoms with Gasteiger partial charge in [-0.25, -0.2) is 0 Å². The highest BCUT2D eigenvalue weighted by Crippen LogP contribution is 2.66. The number of hydrogen-bond donors (Lipinski definition) is 1. The van der Waals surface area contributed by atoms with Gasteiger partial charge in [-0.15, -0.1) is 11.3 Å². The van der Waals surface area contributed by atoms with Gasteiger partial charge in [-0.05, 0) is 36.5 Å². The standard InChI is InChI=1S/C24H20N2O2S/c1-26-14-18(20-11-6-12-29-20)23(13-15-7-2-3-8-16(15)21(23)27)24(26)17-9-4-5-10-19(17)25-22(24)28/h2-12,18H,13-14H2,1H3,(H,25,28)/t18-,23+,24+/m0/s1. The summed E-state index contributed by atoms with van der Waals surface area (Å²) in [7, 11) is 1.99. The minimum Gasteiger partial charge on any atom is -0.324 e. The van der Waals surface area contributed by atoms with Crippen molar-refractivity contribution in [3.63, 3.8) is 0 Å².